The van der Waals surface area contributed by atoms with Crippen LogP contribution in [0.2, 0.25) is 0 Å². The predicted octanol–water partition coefficient (Wildman–Crippen LogP) is 5.06. The van der Waals surface area contributed by atoms with Gasteiger partial charge in [-0.3, -0.25) is 14.6 Å². The minimum atomic E-state index is -0.470. The fourth-order valence-electron chi connectivity index (χ4n) is 3.87. The molecule has 0 radical (unpaired) electrons. The Bertz CT molecular complexity index is 1410. The molecule has 34 heavy (non-hydrogen) atoms. The first kappa shape index (κ1) is 21.8. The molecular weight excluding hydrogens is 450 g/mol. The van der Waals surface area contributed by atoms with Crippen LogP contribution >= 0.6 is 11.8 Å². The van der Waals surface area contributed by atoms with Crippen LogP contribution in [0.15, 0.2) is 82.8 Å². The van der Waals surface area contributed by atoms with Gasteiger partial charge in [0.05, 0.1) is 23.7 Å². The van der Waals surface area contributed by atoms with Crippen molar-refractivity contribution in [2.75, 3.05) is 12.0 Å². The Morgan fingerprint density at radius 1 is 1.09 bits per heavy atom. The summed E-state index contributed by atoms with van der Waals surface area (Å²) in [5.74, 6) is 0.249. The monoisotopic (exact) mass is 471 g/mol. The van der Waals surface area contributed by atoms with Gasteiger partial charge in [-0.15, -0.1) is 11.8 Å². The van der Waals surface area contributed by atoms with Crippen molar-refractivity contribution in [3.05, 3.63) is 78.5 Å². The van der Waals surface area contributed by atoms with E-state index in [1.54, 1.807) is 24.4 Å². The number of phenolic OH excluding ortho intramolecular Hbond substituents is 1. The van der Waals surface area contributed by atoms with Crippen LogP contribution in [-0.2, 0) is 9.59 Å². The summed E-state index contributed by atoms with van der Waals surface area (Å²) in [6, 6.07) is 19.8. The zero-order valence-electron chi connectivity index (χ0n) is 18.3. The smallest absolute Gasteiger partial charge is 0.247 e. The summed E-state index contributed by atoms with van der Waals surface area (Å²) < 4.78 is 5.26. The number of carbonyl (C=O) groups excluding carboxylic acids is 2. The molecule has 1 aliphatic rings. The second-order valence-electron chi connectivity index (χ2n) is 7.81. The highest BCUT2D eigenvalue weighted by Crippen LogP contribution is 2.35. The highest BCUT2D eigenvalue weighted by molar-refractivity contribution is 8.00. The van der Waals surface area contributed by atoms with E-state index in [1.165, 1.54) is 29.8 Å². The molecule has 5 rings (SSSR count). The third-order valence-electron chi connectivity index (χ3n) is 5.59. The fraction of sp³-hybridized carbons (Fsp3) is 0.115. The normalized spacial score (nSPS) is 16.1. The predicted molar refractivity (Wildman–Crippen MR) is 133 cm³/mol. The quantitative estimate of drug-likeness (QED) is 0.303. The Kier molecular flexibility index (Phi) is 5.81. The van der Waals surface area contributed by atoms with E-state index in [-0.39, 0.29) is 24.0 Å². The summed E-state index contributed by atoms with van der Waals surface area (Å²) in [5.41, 5.74) is 2.94. The Balaban J connectivity index is 1.27. The Hall–Kier alpha value is -4.04. The van der Waals surface area contributed by atoms with E-state index in [0.717, 1.165) is 27.0 Å². The average molecular weight is 472 g/mol. The highest BCUT2D eigenvalue weighted by Gasteiger charge is 2.40. The largest absolute Gasteiger partial charge is 0.508 e. The number of nitrogens with zero attached hydrogens (tertiary/aromatic N) is 2. The minimum absolute atomic E-state index is 0.124. The van der Waals surface area contributed by atoms with Crippen LogP contribution in [0.4, 0.5) is 11.4 Å². The van der Waals surface area contributed by atoms with Crippen LogP contribution in [0, 0.1) is 0 Å². The number of anilines is 1. The van der Waals surface area contributed by atoms with Crippen LogP contribution in [0.25, 0.3) is 10.9 Å². The zero-order valence-corrected chi connectivity index (χ0v) is 19.1. The number of methoxy groups -OCH3 is 1. The summed E-state index contributed by atoms with van der Waals surface area (Å²) in [6.07, 6.45) is 3.65. The highest BCUT2D eigenvalue weighted by atomic mass is 32.2. The molecule has 3 aromatic carbocycles. The second kappa shape index (κ2) is 9.07. The van der Waals surface area contributed by atoms with E-state index < -0.39 is 5.25 Å². The zero-order chi connectivity index (χ0) is 23.7. The molecule has 8 heteroatoms. The van der Waals surface area contributed by atoms with Gasteiger partial charge < -0.3 is 14.8 Å². The molecule has 1 aromatic heterocycles. The van der Waals surface area contributed by atoms with Crippen molar-refractivity contribution in [1.82, 2.24) is 4.98 Å². The van der Waals surface area contributed by atoms with Crippen LogP contribution in [0.5, 0.6) is 11.5 Å². The van der Waals surface area contributed by atoms with Crippen LogP contribution in [-0.4, -0.2) is 40.5 Å². The van der Waals surface area contributed by atoms with E-state index in [4.69, 9.17) is 4.74 Å². The first-order valence-electron chi connectivity index (χ1n) is 10.6. The van der Waals surface area contributed by atoms with E-state index >= 15 is 0 Å². The molecule has 170 valence electrons. The maximum absolute atomic E-state index is 13.0. The molecule has 0 spiro atoms. The van der Waals surface area contributed by atoms with E-state index in [9.17, 15) is 14.7 Å². The Labute approximate surface area is 200 Å². The molecule has 0 bridgehead atoms. The number of hydrogen-bond acceptors (Lipinski definition) is 6. The number of fused-ring (bicyclic) bond motifs is 1. The molecule has 0 aliphatic carbocycles. The number of rotatable bonds is 6. The van der Waals surface area contributed by atoms with Crippen molar-refractivity contribution >= 4 is 52.1 Å². The Morgan fingerprint density at radius 2 is 1.91 bits per heavy atom. The third kappa shape index (κ3) is 4.27. The summed E-state index contributed by atoms with van der Waals surface area (Å²) in [5, 5.41) is 10.1. The van der Waals surface area contributed by atoms with Gasteiger partial charge in [0, 0.05) is 40.9 Å². The molecule has 1 atom stereocenters. The molecule has 1 fully saturated rings. The lowest BCUT2D eigenvalue weighted by Crippen LogP contribution is -2.31. The van der Waals surface area contributed by atoms with Crippen molar-refractivity contribution in [2.45, 2.75) is 16.6 Å². The maximum Gasteiger partial charge on any atom is 0.247 e. The lowest BCUT2D eigenvalue weighted by Gasteiger charge is -2.15. The fourth-order valence-corrected chi connectivity index (χ4v) is 4.92. The summed E-state index contributed by atoms with van der Waals surface area (Å²) in [6.45, 7) is 0. The topological polar surface area (TPSA) is 95.0 Å². The van der Waals surface area contributed by atoms with E-state index in [1.807, 2.05) is 48.7 Å². The maximum atomic E-state index is 13.0. The van der Waals surface area contributed by atoms with Crippen molar-refractivity contribution in [1.29, 1.82) is 0 Å². The summed E-state index contributed by atoms with van der Waals surface area (Å²) in [7, 11) is 1.53. The molecule has 2 heterocycles. The molecular formula is C26H21N3O4S. The number of carbonyl (C=O) groups is 2. The molecule has 1 saturated heterocycles. The van der Waals surface area contributed by atoms with Crippen molar-refractivity contribution in [3.8, 4) is 11.5 Å². The SMILES string of the molecule is COc1cc(O)ccc1C=Nc1ccc(SC2CC(=O)N(c3ccc4cc[nH]c4c3)C2=O)cc1. The van der Waals surface area contributed by atoms with Gasteiger partial charge in [-0.25, -0.2) is 4.90 Å². The van der Waals surface area contributed by atoms with Crippen LogP contribution < -0.4 is 9.64 Å². The molecule has 1 aliphatic heterocycles. The molecule has 4 aromatic rings. The average Bonchev–Trinajstić information content (AvgIpc) is 3.42. The molecule has 7 nitrogen and oxygen atoms in total. The number of H-pyrrole nitrogens is 1. The van der Waals surface area contributed by atoms with Gasteiger partial charge in [0.15, 0.2) is 0 Å². The van der Waals surface area contributed by atoms with Crippen LogP contribution in [0.1, 0.15) is 12.0 Å². The Morgan fingerprint density at radius 3 is 2.71 bits per heavy atom. The van der Waals surface area contributed by atoms with Crippen molar-refractivity contribution in [3.63, 3.8) is 0 Å². The number of aromatic amines is 1. The standard InChI is InChI=1S/C26H21N3O4S/c1-33-23-13-20(30)7-3-17(23)15-28-18-4-8-21(9-5-18)34-24-14-25(31)29(26(24)32)19-6-2-16-10-11-27-22(16)12-19/h2-13,15,24,27,30H,14H2,1H3. The molecule has 1 unspecified atom stereocenters. The number of benzene rings is 3. The van der Waals surface area contributed by atoms with Crippen molar-refractivity contribution < 1.29 is 19.4 Å². The number of hydrogen-bond donors (Lipinski definition) is 2. The van der Waals surface area contributed by atoms with E-state index in [2.05, 4.69) is 9.98 Å². The van der Waals surface area contributed by atoms with Gasteiger partial charge in [-0.1, -0.05) is 6.07 Å². The number of amides is 2. The third-order valence-corrected chi connectivity index (χ3v) is 6.78. The number of ether oxygens (including phenoxy) is 1. The summed E-state index contributed by atoms with van der Waals surface area (Å²) in [4.78, 5) is 35.4. The van der Waals surface area contributed by atoms with Gasteiger partial charge in [-0.05, 0) is 60.0 Å². The number of imide groups is 1. The molecule has 2 N–H and O–H groups in total. The lowest BCUT2D eigenvalue weighted by molar-refractivity contribution is -0.121. The van der Waals surface area contributed by atoms with Gasteiger partial charge in [-0.2, -0.15) is 0 Å². The van der Waals surface area contributed by atoms with Gasteiger partial charge in [0.2, 0.25) is 11.8 Å². The molecule has 0 saturated carbocycles. The summed E-state index contributed by atoms with van der Waals surface area (Å²) >= 11 is 1.38. The van der Waals surface area contributed by atoms with E-state index in [0.29, 0.717) is 11.4 Å². The number of nitrogens with one attached hydrogen (secondary N) is 1. The van der Waals surface area contributed by atoms with Crippen molar-refractivity contribution in [2.24, 2.45) is 4.99 Å². The van der Waals surface area contributed by atoms with Gasteiger partial charge >= 0.3 is 0 Å². The first-order chi connectivity index (χ1) is 16.5. The second-order valence-corrected chi connectivity index (χ2v) is 9.08. The minimum Gasteiger partial charge on any atom is -0.508 e. The number of thioether (sulfide) groups is 1. The number of aromatic nitrogens is 1. The number of aromatic hydroxyl groups is 1. The lowest BCUT2D eigenvalue weighted by atomic mass is 10.2. The number of aliphatic imine (C=N–C) groups is 1. The van der Waals surface area contributed by atoms with Crippen LogP contribution in [0.3, 0.4) is 0 Å². The van der Waals surface area contributed by atoms with Gasteiger partial charge in [0.25, 0.3) is 0 Å². The number of phenols is 1. The first-order valence-corrected chi connectivity index (χ1v) is 11.5. The van der Waals surface area contributed by atoms with Gasteiger partial charge in [0.1, 0.15) is 11.5 Å². The molecule has 2 amide bonds.